The molecule has 0 saturated carbocycles. The lowest BCUT2D eigenvalue weighted by atomic mass is 10.1. The van der Waals surface area contributed by atoms with Gasteiger partial charge in [0, 0.05) is 45.5 Å². The van der Waals surface area contributed by atoms with Crippen LogP contribution in [0.4, 0.5) is 11.6 Å². The lowest BCUT2D eigenvalue weighted by Crippen LogP contribution is -2.44. The normalized spacial score (nSPS) is 11.8. The number of anilines is 2. The fraction of sp³-hybridized carbons (Fsp3) is 0.139. The molecule has 0 unspecified atom stereocenters. The molecule has 0 aliphatic carbocycles. The van der Waals surface area contributed by atoms with E-state index >= 15 is 0 Å². The van der Waals surface area contributed by atoms with Gasteiger partial charge in [-0.15, -0.1) is 0 Å². The average molecular weight is 788 g/mol. The van der Waals surface area contributed by atoms with E-state index in [1.165, 1.54) is 30.3 Å². The second kappa shape index (κ2) is 14.3. The Morgan fingerprint density at radius 2 is 1.68 bits per heavy atom. The number of carboxylic acids is 1. The molecule has 50 heavy (non-hydrogen) atoms. The van der Waals surface area contributed by atoms with Gasteiger partial charge < -0.3 is 40.7 Å². The molecular formula is C36H30IN5O8. The number of primary amides is 1. The van der Waals surface area contributed by atoms with Gasteiger partial charge in [-0.25, -0.2) is 4.98 Å². The molecule has 0 aliphatic rings. The van der Waals surface area contributed by atoms with E-state index in [4.69, 9.17) is 20.2 Å². The molecule has 254 valence electrons. The molecule has 0 bridgehead atoms. The number of nitrogens with zero attached hydrogens (tertiary/aromatic N) is 2. The van der Waals surface area contributed by atoms with Crippen molar-refractivity contribution in [1.82, 2.24) is 14.9 Å². The van der Waals surface area contributed by atoms with Crippen LogP contribution in [0.25, 0.3) is 33.3 Å². The zero-order chi connectivity index (χ0) is 35.5. The number of aryl methyl sites for hydroxylation is 2. The largest absolute Gasteiger partial charge is 0.504 e. The Balaban J connectivity index is 1.33. The van der Waals surface area contributed by atoms with Gasteiger partial charge in [-0.05, 0) is 95.6 Å². The van der Waals surface area contributed by atoms with Gasteiger partial charge in [0.1, 0.15) is 17.4 Å². The molecule has 2 aromatic heterocycles. The molecule has 7 N–H and O–H groups in total. The van der Waals surface area contributed by atoms with E-state index < -0.39 is 23.8 Å². The minimum Gasteiger partial charge on any atom is -0.504 e. The van der Waals surface area contributed by atoms with Crippen LogP contribution in [0, 0.1) is 3.57 Å². The number of fused-ring (bicyclic) bond motifs is 2. The molecular weight excluding hydrogens is 757 g/mol. The maximum atomic E-state index is 13.4. The average Bonchev–Trinajstić information content (AvgIpc) is 3.42. The third-order valence-electron chi connectivity index (χ3n) is 8.09. The van der Waals surface area contributed by atoms with Gasteiger partial charge in [0.15, 0.2) is 16.9 Å². The number of nitrogens with one attached hydrogen (secondary N) is 2. The number of halogens is 1. The highest BCUT2D eigenvalue weighted by molar-refractivity contribution is 14.1. The maximum Gasteiger partial charge on any atom is 0.303 e. The number of nitrogens with two attached hydrogens (primary N) is 1. The number of phenols is 2. The predicted molar refractivity (Wildman–Crippen MR) is 194 cm³/mol. The molecule has 0 radical (unpaired) electrons. The van der Waals surface area contributed by atoms with Crippen molar-refractivity contribution < 1.29 is 34.1 Å². The Hall–Kier alpha value is -5.90. The fourth-order valence-electron chi connectivity index (χ4n) is 5.45. The van der Waals surface area contributed by atoms with Crippen LogP contribution >= 0.6 is 22.6 Å². The molecule has 2 amide bonds. The van der Waals surface area contributed by atoms with Crippen LogP contribution in [0.1, 0.15) is 28.8 Å². The van der Waals surface area contributed by atoms with Crippen molar-refractivity contribution in [1.29, 1.82) is 0 Å². The van der Waals surface area contributed by atoms with Gasteiger partial charge in [0.05, 0.1) is 16.4 Å². The monoisotopic (exact) mass is 787 g/mol. The molecule has 1 atom stereocenters. The third-order valence-corrected chi connectivity index (χ3v) is 8.81. The Bertz CT molecular complexity index is 2320. The third kappa shape index (κ3) is 7.54. The van der Waals surface area contributed by atoms with Crippen molar-refractivity contribution >= 4 is 74.0 Å². The van der Waals surface area contributed by atoms with Crippen LogP contribution in [0.3, 0.4) is 0 Å². The number of hydrogen-bond donors (Lipinski definition) is 6. The molecule has 0 spiro atoms. The molecule has 2 heterocycles. The van der Waals surface area contributed by atoms with Crippen molar-refractivity contribution in [3.8, 4) is 22.8 Å². The van der Waals surface area contributed by atoms with E-state index in [1.807, 2.05) is 28.8 Å². The summed E-state index contributed by atoms with van der Waals surface area (Å²) >= 11 is 2.23. The molecule has 0 fully saturated rings. The molecule has 6 aromatic rings. The standard InChI is InChI=1S/C36H30IN5O8/c37-22-6-8-23(9-7-22)39-36-41-26-16-24-29(44)18-31(20-2-4-21(5-3-20)35(49)40-25(34(38)48)10-12-33(46)47)50-32(24)17-27(26)42(36)14-13-19-1-11-28(43)30(45)15-19/h1-9,11,15-18,25,43,45H,10,12-14H2,(H2,38,48)(H,39,41)(H,40,49)(H,46,47)/t25-/m0/s1. The highest BCUT2D eigenvalue weighted by Crippen LogP contribution is 2.31. The zero-order valence-electron chi connectivity index (χ0n) is 26.2. The number of rotatable bonds is 12. The quantitative estimate of drug-likeness (QED) is 0.0700. The summed E-state index contributed by atoms with van der Waals surface area (Å²) in [6, 6.07) is 22.3. The summed E-state index contributed by atoms with van der Waals surface area (Å²) in [5.74, 6) is -2.21. The number of aliphatic carboxylic acids is 1. The molecule has 4 aromatic carbocycles. The van der Waals surface area contributed by atoms with Crippen LogP contribution in [-0.2, 0) is 22.6 Å². The maximum absolute atomic E-state index is 13.4. The summed E-state index contributed by atoms with van der Waals surface area (Å²) in [6.45, 7) is 0.430. The first-order valence-corrected chi connectivity index (χ1v) is 16.5. The number of hydrogen-bond acceptors (Lipinski definition) is 9. The van der Waals surface area contributed by atoms with Crippen LogP contribution in [0.15, 0.2) is 94.1 Å². The van der Waals surface area contributed by atoms with Gasteiger partial charge in [-0.2, -0.15) is 0 Å². The summed E-state index contributed by atoms with van der Waals surface area (Å²) in [5.41, 5.74) is 8.91. The van der Waals surface area contributed by atoms with Gasteiger partial charge >= 0.3 is 5.97 Å². The SMILES string of the molecule is NC(=O)[C@H](CCC(=O)O)NC(=O)c1ccc(-c2cc(=O)c3cc4nc(Nc5ccc(I)cc5)n(CCc5ccc(O)c(O)c5)c4cc3o2)cc1. The number of carbonyl (C=O) groups excluding carboxylic acids is 2. The summed E-state index contributed by atoms with van der Waals surface area (Å²) in [4.78, 5) is 53.6. The molecule has 14 heteroatoms. The van der Waals surface area contributed by atoms with Crippen molar-refractivity contribution in [2.75, 3.05) is 5.32 Å². The smallest absolute Gasteiger partial charge is 0.303 e. The van der Waals surface area contributed by atoms with Crippen molar-refractivity contribution in [3.63, 3.8) is 0 Å². The molecule has 13 nitrogen and oxygen atoms in total. The molecule has 0 aliphatic heterocycles. The topological polar surface area (TPSA) is 210 Å². The minimum atomic E-state index is -1.15. The highest BCUT2D eigenvalue weighted by atomic mass is 127. The number of phenolic OH excluding ortho intramolecular Hbond substituents is 2. The van der Waals surface area contributed by atoms with Crippen LogP contribution in [-0.4, -0.2) is 48.7 Å². The first-order chi connectivity index (χ1) is 23.9. The molecule has 0 saturated heterocycles. The highest BCUT2D eigenvalue weighted by Gasteiger charge is 2.21. The lowest BCUT2D eigenvalue weighted by Gasteiger charge is -2.14. The van der Waals surface area contributed by atoms with Crippen LogP contribution < -0.4 is 21.8 Å². The summed E-state index contributed by atoms with van der Waals surface area (Å²) in [5, 5.41) is 34.8. The number of amides is 2. The van der Waals surface area contributed by atoms with E-state index in [2.05, 4.69) is 33.2 Å². The number of carboxylic acid groups (broad SMARTS) is 1. The van der Waals surface area contributed by atoms with Gasteiger partial charge in [0.25, 0.3) is 5.91 Å². The number of aromatic nitrogens is 2. The van der Waals surface area contributed by atoms with E-state index in [9.17, 15) is 29.4 Å². The van der Waals surface area contributed by atoms with Crippen molar-refractivity contribution in [2.45, 2.75) is 31.8 Å². The second-order valence-electron chi connectivity index (χ2n) is 11.5. The van der Waals surface area contributed by atoms with Crippen molar-refractivity contribution in [3.05, 3.63) is 110 Å². The van der Waals surface area contributed by atoms with Crippen LogP contribution in [0.5, 0.6) is 11.5 Å². The Kier molecular flexibility index (Phi) is 9.72. The Morgan fingerprint density at radius 3 is 2.36 bits per heavy atom. The Labute approximate surface area is 297 Å². The van der Waals surface area contributed by atoms with E-state index in [0.717, 1.165) is 14.8 Å². The summed E-state index contributed by atoms with van der Waals surface area (Å²) in [6.07, 6.45) is 0.00309. The zero-order valence-corrected chi connectivity index (χ0v) is 28.4. The summed E-state index contributed by atoms with van der Waals surface area (Å²) in [7, 11) is 0. The van der Waals surface area contributed by atoms with Crippen molar-refractivity contribution in [2.24, 2.45) is 5.73 Å². The van der Waals surface area contributed by atoms with Crippen LogP contribution in [0.2, 0.25) is 0 Å². The van der Waals surface area contributed by atoms with E-state index in [1.54, 1.807) is 30.3 Å². The summed E-state index contributed by atoms with van der Waals surface area (Å²) < 4.78 is 9.26. The number of benzene rings is 4. The van der Waals surface area contributed by atoms with E-state index in [0.29, 0.717) is 46.5 Å². The second-order valence-corrected chi connectivity index (χ2v) is 12.8. The first-order valence-electron chi connectivity index (χ1n) is 15.4. The Morgan fingerprint density at radius 1 is 0.940 bits per heavy atom. The molecule has 6 rings (SSSR count). The fourth-order valence-corrected chi connectivity index (χ4v) is 5.81. The number of imidazole rings is 1. The van der Waals surface area contributed by atoms with Gasteiger partial charge in [-0.3, -0.25) is 19.2 Å². The van der Waals surface area contributed by atoms with E-state index in [-0.39, 0.29) is 41.1 Å². The minimum absolute atomic E-state index is 0.146. The number of aromatic hydroxyl groups is 2. The first kappa shape index (κ1) is 34.0. The number of carbonyl (C=O) groups is 3. The lowest BCUT2D eigenvalue weighted by molar-refractivity contribution is -0.137. The predicted octanol–water partition coefficient (Wildman–Crippen LogP) is 5.26. The van der Waals surface area contributed by atoms with Gasteiger partial charge in [-0.1, -0.05) is 18.2 Å². The van der Waals surface area contributed by atoms with Gasteiger partial charge in [0.2, 0.25) is 11.9 Å².